The van der Waals surface area contributed by atoms with Crippen LogP contribution in [0.4, 0.5) is 0 Å². The normalized spacial score (nSPS) is 10.9. The number of ether oxygens (including phenoxy) is 2. The van der Waals surface area contributed by atoms with Crippen molar-refractivity contribution in [3.8, 4) is 17.3 Å². The summed E-state index contributed by atoms with van der Waals surface area (Å²) in [6.45, 7) is 3.98. The molecule has 1 N–H and O–H groups in total. The van der Waals surface area contributed by atoms with E-state index in [1.807, 2.05) is 38.1 Å². The fourth-order valence-electron chi connectivity index (χ4n) is 2.19. The number of nitrogens with zero attached hydrogens (tertiary/aromatic N) is 2. The van der Waals surface area contributed by atoms with Crippen LogP contribution in [0.2, 0.25) is 0 Å². The Kier molecular flexibility index (Phi) is 4.29. The lowest BCUT2D eigenvalue weighted by Gasteiger charge is -2.08. The first-order valence-corrected chi connectivity index (χ1v) is 6.53. The molecule has 2 rings (SSSR count). The molecule has 108 valence electrons. The monoisotopic (exact) mass is 276 g/mol. The van der Waals surface area contributed by atoms with Gasteiger partial charge < -0.3 is 14.6 Å². The van der Waals surface area contributed by atoms with E-state index in [9.17, 15) is 5.11 Å². The van der Waals surface area contributed by atoms with E-state index in [2.05, 4.69) is 5.10 Å². The van der Waals surface area contributed by atoms with Crippen molar-refractivity contribution in [1.82, 2.24) is 9.78 Å². The molecule has 1 heterocycles. The Labute approximate surface area is 118 Å². The number of hydrogen-bond acceptors (Lipinski definition) is 4. The van der Waals surface area contributed by atoms with Gasteiger partial charge >= 0.3 is 0 Å². The Bertz CT molecular complexity index is 591. The quantitative estimate of drug-likeness (QED) is 0.911. The second kappa shape index (κ2) is 5.96. The highest BCUT2D eigenvalue weighted by Gasteiger charge is 2.21. The molecule has 0 bridgehead atoms. The number of benzene rings is 1. The predicted molar refractivity (Wildman–Crippen MR) is 76.7 cm³/mol. The molecule has 0 aliphatic carbocycles. The van der Waals surface area contributed by atoms with E-state index in [1.165, 1.54) is 0 Å². The molecule has 20 heavy (non-hydrogen) atoms. The summed E-state index contributed by atoms with van der Waals surface area (Å²) >= 11 is 0. The van der Waals surface area contributed by atoms with Crippen LogP contribution in [0, 0.1) is 0 Å². The van der Waals surface area contributed by atoms with Crippen LogP contribution >= 0.6 is 0 Å². The van der Waals surface area contributed by atoms with Crippen LogP contribution in [0.1, 0.15) is 31.0 Å². The molecule has 5 heteroatoms. The maximum atomic E-state index is 9.58. The molecule has 1 aromatic heterocycles. The van der Waals surface area contributed by atoms with Crippen LogP contribution in [-0.2, 0) is 6.61 Å². The van der Waals surface area contributed by atoms with E-state index in [0.29, 0.717) is 5.88 Å². The molecule has 5 nitrogen and oxygen atoms in total. The fraction of sp³-hybridized carbons (Fsp3) is 0.400. The first-order valence-electron chi connectivity index (χ1n) is 6.53. The summed E-state index contributed by atoms with van der Waals surface area (Å²) in [5.74, 6) is 1.51. The number of hydrogen-bond donors (Lipinski definition) is 1. The van der Waals surface area contributed by atoms with E-state index in [1.54, 1.807) is 18.9 Å². The summed E-state index contributed by atoms with van der Waals surface area (Å²) in [7, 11) is 3.20. The number of rotatable bonds is 5. The highest BCUT2D eigenvalue weighted by Crippen LogP contribution is 2.31. The number of aliphatic hydroxyl groups is 1. The van der Waals surface area contributed by atoms with Crippen molar-refractivity contribution in [3.05, 3.63) is 35.5 Å². The van der Waals surface area contributed by atoms with Gasteiger partial charge in [-0.2, -0.15) is 5.10 Å². The van der Waals surface area contributed by atoms with Gasteiger partial charge in [0.05, 0.1) is 37.8 Å². The number of aliphatic hydroxyl groups excluding tert-OH is 1. The number of methoxy groups -OCH3 is 2. The highest BCUT2D eigenvalue weighted by atomic mass is 16.5. The van der Waals surface area contributed by atoms with Crippen molar-refractivity contribution in [1.29, 1.82) is 0 Å². The van der Waals surface area contributed by atoms with Gasteiger partial charge in [0.1, 0.15) is 5.75 Å². The lowest BCUT2D eigenvalue weighted by molar-refractivity contribution is 0.270. The van der Waals surface area contributed by atoms with Gasteiger partial charge in [0.15, 0.2) is 0 Å². The van der Waals surface area contributed by atoms with E-state index in [4.69, 9.17) is 9.47 Å². The second-order valence-electron chi connectivity index (χ2n) is 4.80. The summed E-state index contributed by atoms with van der Waals surface area (Å²) in [6.07, 6.45) is 0. The molecule has 0 fully saturated rings. The van der Waals surface area contributed by atoms with Crippen molar-refractivity contribution in [3.63, 3.8) is 0 Å². The molecule has 0 amide bonds. The van der Waals surface area contributed by atoms with Crippen LogP contribution < -0.4 is 9.47 Å². The molecule has 0 spiro atoms. The van der Waals surface area contributed by atoms with Gasteiger partial charge in [-0.3, -0.25) is 0 Å². The average molecular weight is 276 g/mol. The van der Waals surface area contributed by atoms with Gasteiger partial charge in [0.25, 0.3) is 0 Å². The van der Waals surface area contributed by atoms with E-state index < -0.39 is 0 Å². The van der Waals surface area contributed by atoms with Gasteiger partial charge in [-0.25, -0.2) is 4.68 Å². The first kappa shape index (κ1) is 14.4. The average Bonchev–Trinajstić information content (AvgIpc) is 2.85. The molecule has 2 aromatic rings. The van der Waals surface area contributed by atoms with Crippen molar-refractivity contribution in [2.45, 2.75) is 26.4 Å². The molecule has 0 atom stereocenters. The zero-order valence-electron chi connectivity index (χ0n) is 12.3. The second-order valence-corrected chi connectivity index (χ2v) is 4.80. The molecular formula is C15H20N2O3. The van der Waals surface area contributed by atoms with Crippen LogP contribution in [-0.4, -0.2) is 29.1 Å². The molecular weight excluding hydrogens is 256 g/mol. The minimum atomic E-state index is -0.0966. The largest absolute Gasteiger partial charge is 0.497 e. The van der Waals surface area contributed by atoms with Gasteiger partial charge in [0, 0.05) is 6.07 Å². The SMILES string of the molecule is COc1cccc(-n2nc(C(C)C)c(CO)c2OC)c1. The van der Waals surface area contributed by atoms with E-state index >= 15 is 0 Å². The molecule has 1 aromatic carbocycles. The van der Waals surface area contributed by atoms with Gasteiger partial charge in [-0.05, 0) is 18.1 Å². The zero-order chi connectivity index (χ0) is 14.7. The van der Waals surface area contributed by atoms with Crippen molar-refractivity contribution < 1.29 is 14.6 Å². The summed E-state index contributed by atoms with van der Waals surface area (Å²) in [6, 6.07) is 7.56. The van der Waals surface area contributed by atoms with Crippen LogP contribution in [0.3, 0.4) is 0 Å². The van der Waals surface area contributed by atoms with Crippen LogP contribution in [0.5, 0.6) is 11.6 Å². The lowest BCUT2D eigenvalue weighted by atomic mass is 10.1. The van der Waals surface area contributed by atoms with Crippen molar-refractivity contribution in [2.24, 2.45) is 0 Å². The molecule has 0 saturated heterocycles. The third kappa shape index (κ3) is 2.49. The van der Waals surface area contributed by atoms with Gasteiger partial charge in [0.2, 0.25) is 5.88 Å². The van der Waals surface area contributed by atoms with E-state index in [-0.39, 0.29) is 12.5 Å². The predicted octanol–water partition coefficient (Wildman–Crippen LogP) is 2.51. The molecule has 0 saturated carbocycles. The first-order chi connectivity index (χ1) is 9.62. The summed E-state index contributed by atoms with van der Waals surface area (Å²) in [5.41, 5.74) is 2.40. The summed E-state index contributed by atoms with van der Waals surface area (Å²) < 4.78 is 12.4. The Morgan fingerprint density at radius 2 is 2.00 bits per heavy atom. The minimum Gasteiger partial charge on any atom is -0.497 e. The molecule has 0 unspecified atom stereocenters. The summed E-state index contributed by atoms with van der Waals surface area (Å²) in [4.78, 5) is 0. The maximum absolute atomic E-state index is 9.58. The van der Waals surface area contributed by atoms with Gasteiger partial charge in [-0.15, -0.1) is 0 Å². The minimum absolute atomic E-state index is 0.0966. The molecule has 0 aliphatic rings. The third-order valence-electron chi connectivity index (χ3n) is 3.16. The van der Waals surface area contributed by atoms with Crippen LogP contribution in [0.25, 0.3) is 5.69 Å². The smallest absolute Gasteiger partial charge is 0.222 e. The zero-order valence-corrected chi connectivity index (χ0v) is 12.3. The maximum Gasteiger partial charge on any atom is 0.222 e. The topological polar surface area (TPSA) is 56.5 Å². The Morgan fingerprint density at radius 1 is 1.25 bits per heavy atom. The molecule has 0 aliphatic heterocycles. The Hall–Kier alpha value is -2.01. The van der Waals surface area contributed by atoms with Crippen molar-refractivity contribution in [2.75, 3.05) is 14.2 Å². The molecule has 0 radical (unpaired) electrons. The third-order valence-corrected chi connectivity index (χ3v) is 3.16. The number of aromatic nitrogens is 2. The van der Waals surface area contributed by atoms with E-state index in [0.717, 1.165) is 22.7 Å². The Morgan fingerprint density at radius 3 is 2.55 bits per heavy atom. The standard InChI is InChI=1S/C15H20N2O3/c1-10(2)14-13(9-18)15(20-4)17(16-14)11-6-5-7-12(8-11)19-3/h5-8,10,18H,9H2,1-4H3. The lowest BCUT2D eigenvalue weighted by Crippen LogP contribution is -2.01. The summed E-state index contributed by atoms with van der Waals surface area (Å²) in [5, 5.41) is 14.2. The fourth-order valence-corrected chi connectivity index (χ4v) is 2.19. The van der Waals surface area contributed by atoms with Gasteiger partial charge in [-0.1, -0.05) is 19.9 Å². The van der Waals surface area contributed by atoms with Crippen molar-refractivity contribution >= 4 is 0 Å². The Balaban J connectivity index is 2.60. The highest BCUT2D eigenvalue weighted by molar-refractivity contribution is 5.45. The van der Waals surface area contributed by atoms with Crippen LogP contribution in [0.15, 0.2) is 24.3 Å².